The second-order valence-corrected chi connectivity index (χ2v) is 5.77. The molecule has 0 unspecified atom stereocenters. The van der Waals surface area contributed by atoms with Gasteiger partial charge in [-0.1, -0.05) is 17.3 Å². The van der Waals surface area contributed by atoms with E-state index in [9.17, 15) is 4.79 Å². The number of fused-ring (bicyclic) bond motifs is 2. The zero-order valence-corrected chi connectivity index (χ0v) is 12.3. The number of para-hydroxylation sites is 1. The minimum atomic E-state index is -0.131. The summed E-state index contributed by atoms with van der Waals surface area (Å²) < 4.78 is 6.31. The molecule has 0 bridgehead atoms. The lowest BCUT2D eigenvalue weighted by Gasteiger charge is -2.03. The minimum Gasteiger partial charge on any atom is -0.356 e. The molecule has 0 saturated carbocycles. The molecule has 4 rings (SSSR count). The molecular formula is C16H11N3O2S. The maximum Gasteiger partial charge on any atom is 0.230 e. The third kappa shape index (κ3) is 2.33. The van der Waals surface area contributed by atoms with Crippen molar-refractivity contribution in [1.29, 1.82) is 0 Å². The zero-order valence-electron chi connectivity index (χ0n) is 11.4. The minimum absolute atomic E-state index is 0.131. The van der Waals surface area contributed by atoms with Crippen molar-refractivity contribution in [2.75, 3.05) is 5.32 Å². The van der Waals surface area contributed by atoms with Gasteiger partial charge < -0.3 is 9.84 Å². The van der Waals surface area contributed by atoms with Crippen LogP contribution in [0, 0.1) is 0 Å². The molecule has 0 aliphatic heterocycles. The van der Waals surface area contributed by atoms with Gasteiger partial charge in [0.15, 0.2) is 5.58 Å². The van der Waals surface area contributed by atoms with E-state index in [1.54, 1.807) is 16.8 Å². The third-order valence-corrected chi connectivity index (χ3v) is 4.20. The molecule has 0 aliphatic rings. The molecule has 0 atom stereocenters. The van der Waals surface area contributed by atoms with Crippen molar-refractivity contribution >= 4 is 44.1 Å². The average molecular weight is 309 g/mol. The molecule has 2 heterocycles. The van der Waals surface area contributed by atoms with E-state index >= 15 is 0 Å². The lowest BCUT2D eigenvalue weighted by atomic mass is 10.1. The molecule has 0 fully saturated rings. The van der Waals surface area contributed by atoms with Crippen LogP contribution in [0.25, 0.3) is 21.2 Å². The van der Waals surface area contributed by atoms with Gasteiger partial charge in [-0.25, -0.2) is 4.98 Å². The standard InChI is InChI=1S/C16H11N3O2S/c20-16(8-12-11-3-1-2-4-14(11)21-19-12)18-10-5-6-15-13(7-10)17-9-22-15/h1-7,9H,8H2,(H,18,20). The van der Waals surface area contributed by atoms with E-state index in [0.717, 1.165) is 21.3 Å². The van der Waals surface area contributed by atoms with Gasteiger partial charge in [0.05, 0.1) is 22.1 Å². The van der Waals surface area contributed by atoms with Crippen LogP contribution < -0.4 is 5.32 Å². The number of carbonyl (C=O) groups is 1. The van der Waals surface area contributed by atoms with Crippen molar-refractivity contribution in [2.24, 2.45) is 0 Å². The van der Waals surface area contributed by atoms with Crippen LogP contribution in [0.2, 0.25) is 0 Å². The molecule has 22 heavy (non-hydrogen) atoms. The summed E-state index contributed by atoms with van der Waals surface area (Å²) in [5.74, 6) is -0.131. The fourth-order valence-electron chi connectivity index (χ4n) is 2.36. The molecule has 1 amide bonds. The Morgan fingerprint density at radius 3 is 3.09 bits per heavy atom. The fraction of sp³-hybridized carbons (Fsp3) is 0.0625. The van der Waals surface area contributed by atoms with Crippen LogP contribution in [0.5, 0.6) is 0 Å². The van der Waals surface area contributed by atoms with Crippen molar-refractivity contribution in [3.8, 4) is 0 Å². The summed E-state index contributed by atoms with van der Waals surface area (Å²) in [4.78, 5) is 16.4. The Balaban J connectivity index is 1.54. The molecule has 4 aromatic rings. The molecule has 0 saturated heterocycles. The lowest BCUT2D eigenvalue weighted by molar-refractivity contribution is -0.115. The number of nitrogens with one attached hydrogen (secondary N) is 1. The predicted molar refractivity (Wildman–Crippen MR) is 86.0 cm³/mol. The Labute approximate surface area is 129 Å². The second-order valence-electron chi connectivity index (χ2n) is 4.89. The van der Waals surface area contributed by atoms with E-state index in [1.165, 1.54) is 0 Å². The molecule has 0 radical (unpaired) electrons. The molecule has 0 aliphatic carbocycles. The highest BCUT2D eigenvalue weighted by Gasteiger charge is 2.12. The van der Waals surface area contributed by atoms with E-state index in [1.807, 2.05) is 42.5 Å². The van der Waals surface area contributed by atoms with Crippen LogP contribution in [-0.2, 0) is 11.2 Å². The zero-order chi connectivity index (χ0) is 14.9. The van der Waals surface area contributed by atoms with Crippen LogP contribution in [0.3, 0.4) is 0 Å². The summed E-state index contributed by atoms with van der Waals surface area (Å²) in [7, 11) is 0. The average Bonchev–Trinajstić information content (AvgIpc) is 3.14. The van der Waals surface area contributed by atoms with E-state index in [0.29, 0.717) is 11.3 Å². The number of aromatic nitrogens is 2. The van der Waals surface area contributed by atoms with E-state index in [-0.39, 0.29) is 12.3 Å². The summed E-state index contributed by atoms with van der Waals surface area (Å²) in [5.41, 5.74) is 4.74. The van der Waals surface area contributed by atoms with Gasteiger partial charge in [-0.05, 0) is 30.3 Å². The first-order valence-electron chi connectivity index (χ1n) is 6.76. The number of hydrogen-bond donors (Lipinski definition) is 1. The van der Waals surface area contributed by atoms with Crippen LogP contribution in [0.1, 0.15) is 5.69 Å². The van der Waals surface area contributed by atoms with Gasteiger partial charge >= 0.3 is 0 Å². The van der Waals surface area contributed by atoms with Gasteiger partial charge in [-0.2, -0.15) is 0 Å². The quantitative estimate of drug-likeness (QED) is 0.627. The maximum atomic E-state index is 12.2. The summed E-state index contributed by atoms with van der Waals surface area (Å²) in [6.07, 6.45) is 0.173. The maximum absolute atomic E-state index is 12.2. The molecule has 5 nitrogen and oxygen atoms in total. The highest BCUT2D eigenvalue weighted by molar-refractivity contribution is 7.16. The number of amides is 1. The van der Waals surface area contributed by atoms with Gasteiger partial charge in [0, 0.05) is 11.1 Å². The predicted octanol–water partition coefficient (Wildman–Crippen LogP) is 3.62. The van der Waals surface area contributed by atoms with E-state index in [2.05, 4.69) is 15.5 Å². The summed E-state index contributed by atoms with van der Waals surface area (Å²) in [5, 5.41) is 7.71. The van der Waals surface area contributed by atoms with Crippen LogP contribution in [-0.4, -0.2) is 16.0 Å². The SMILES string of the molecule is O=C(Cc1noc2ccccc12)Nc1ccc2scnc2c1. The van der Waals surface area contributed by atoms with E-state index < -0.39 is 0 Å². The number of rotatable bonds is 3. The summed E-state index contributed by atoms with van der Waals surface area (Å²) >= 11 is 1.57. The molecule has 6 heteroatoms. The molecule has 108 valence electrons. The second kappa shape index (κ2) is 5.23. The van der Waals surface area contributed by atoms with Crippen LogP contribution in [0.4, 0.5) is 5.69 Å². The summed E-state index contributed by atoms with van der Waals surface area (Å²) in [6.45, 7) is 0. The number of thiazole rings is 1. The van der Waals surface area contributed by atoms with Gasteiger partial charge in [0.1, 0.15) is 5.69 Å². The van der Waals surface area contributed by atoms with Gasteiger partial charge in [-0.15, -0.1) is 11.3 Å². The largest absolute Gasteiger partial charge is 0.356 e. The van der Waals surface area contributed by atoms with Gasteiger partial charge in [0.25, 0.3) is 0 Å². The summed E-state index contributed by atoms with van der Waals surface area (Å²) in [6, 6.07) is 13.2. The Morgan fingerprint density at radius 1 is 1.23 bits per heavy atom. The molecular weight excluding hydrogens is 298 g/mol. The molecule has 0 spiro atoms. The highest BCUT2D eigenvalue weighted by Crippen LogP contribution is 2.22. The fourth-order valence-corrected chi connectivity index (χ4v) is 3.02. The van der Waals surface area contributed by atoms with E-state index in [4.69, 9.17) is 4.52 Å². The number of benzene rings is 2. The van der Waals surface area contributed by atoms with Crippen LogP contribution >= 0.6 is 11.3 Å². The number of hydrogen-bond acceptors (Lipinski definition) is 5. The van der Waals surface area contributed by atoms with Crippen molar-refractivity contribution in [2.45, 2.75) is 6.42 Å². The Bertz CT molecular complexity index is 974. The monoisotopic (exact) mass is 309 g/mol. The first-order valence-corrected chi connectivity index (χ1v) is 7.64. The van der Waals surface area contributed by atoms with Gasteiger partial charge in [-0.3, -0.25) is 4.79 Å². The normalized spacial score (nSPS) is 11.1. The third-order valence-electron chi connectivity index (χ3n) is 3.39. The number of anilines is 1. The topological polar surface area (TPSA) is 68.0 Å². The number of nitrogens with zero attached hydrogens (tertiary/aromatic N) is 2. The molecule has 2 aromatic heterocycles. The Hall–Kier alpha value is -2.73. The van der Waals surface area contributed by atoms with Crippen molar-refractivity contribution in [3.63, 3.8) is 0 Å². The van der Waals surface area contributed by atoms with Crippen LogP contribution in [0.15, 0.2) is 52.5 Å². The van der Waals surface area contributed by atoms with Crippen molar-refractivity contribution < 1.29 is 9.32 Å². The van der Waals surface area contributed by atoms with Crippen molar-refractivity contribution in [1.82, 2.24) is 10.1 Å². The number of carbonyl (C=O) groups excluding carboxylic acids is 1. The lowest BCUT2D eigenvalue weighted by Crippen LogP contribution is -2.14. The first-order chi connectivity index (χ1) is 10.8. The Morgan fingerprint density at radius 2 is 2.14 bits per heavy atom. The smallest absolute Gasteiger partial charge is 0.230 e. The molecule has 2 aromatic carbocycles. The van der Waals surface area contributed by atoms with Gasteiger partial charge in [0.2, 0.25) is 5.91 Å². The molecule has 1 N–H and O–H groups in total. The highest BCUT2D eigenvalue weighted by atomic mass is 32.1. The Kier molecular flexibility index (Phi) is 3.08. The van der Waals surface area contributed by atoms with Crippen molar-refractivity contribution in [3.05, 3.63) is 53.7 Å². The first kappa shape index (κ1) is 13.0.